The molecule has 0 aliphatic carbocycles. The van der Waals surface area contributed by atoms with E-state index >= 15 is 0 Å². The highest BCUT2D eigenvalue weighted by molar-refractivity contribution is 7.10. The molecule has 17 heavy (non-hydrogen) atoms. The lowest BCUT2D eigenvalue weighted by Crippen LogP contribution is -2.08. The smallest absolute Gasteiger partial charge is 0.134 e. The number of nitrogens with two attached hydrogens (primary N) is 1. The summed E-state index contributed by atoms with van der Waals surface area (Å²) in [5.74, 6) is 0.768. The van der Waals surface area contributed by atoms with Gasteiger partial charge < -0.3 is 10.2 Å². The summed E-state index contributed by atoms with van der Waals surface area (Å²) < 4.78 is 5.73. The molecule has 3 aromatic rings. The fourth-order valence-electron chi connectivity index (χ4n) is 1.80. The molecule has 0 saturated carbocycles. The fraction of sp³-hybridized carbons (Fsp3) is 0.0769. The van der Waals surface area contributed by atoms with Crippen LogP contribution in [0.3, 0.4) is 0 Å². The Balaban J connectivity index is 2.06. The Morgan fingerprint density at radius 1 is 1.24 bits per heavy atom. The van der Waals surface area contributed by atoms with E-state index in [1.165, 1.54) is 0 Å². The topological polar surface area (TPSA) is 39.2 Å². The average Bonchev–Trinajstić information content (AvgIpc) is 2.96. The zero-order valence-corrected chi connectivity index (χ0v) is 10.5. The molecule has 0 radical (unpaired) electrons. The summed E-state index contributed by atoms with van der Waals surface area (Å²) in [6.45, 7) is 0. The molecule has 1 atom stereocenters. The summed E-state index contributed by atoms with van der Waals surface area (Å²) >= 11 is 7.56. The van der Waals surface area contributed by atoms with E-state index in [1.807, 2.05) is 41.8 Å². The lowest BCUT2D eigenvalue weighted by atomic mass is 10.2. The molecule has 0 spiro atoms. The van der Waals surface area contributed by atoms with Gasteiger partial charge in [-0.25, -0.2) is 0 Å². The zero-order chi connectivity index (χ0) is 11.8. The molecular formula is C13H10ClNOS. The van der Waals surface area contributed by atoms with Gasteiger partial charge in [0.1, 0.15) is 11.3 Å². The highest BCUT2D eigenvalue weighted by Gasteiger charge is 2.14. The van der Waals surface area contributed by atoms with Crippen molar-refractivity contribution < 1.29 is 4.42 Å². The first kappa shape index (κ1) is 10.8. The molecule has 2 heterocycles. The van der Waals surface area contributed by atoms with Gasteiger partial charge in [-0.2, -0.15) is 0 Å². The number of thiophene rings is 1. The van der Waals surface area contributed by atoms with Crippen LogP contribution >= 0.6 is 22.9 Å². The number of hydrogen-bond donors (Lipinski definition) is 1. The Hall–Kier alpha value is -1.29. The van der Waals surface area contributed by atoms with Crippen molar-refractivity contribution in [3.63, 3.8) is 0 Å². The molecule has 0 aliphatic heterocycles. The van der Waals surface area contributed by atoms with Crippen molar-refractivity contribution >= 4 is 33.9 Å². The van der Waals surface area contributed by atoms with Crippen molar-refractivity contribution in [1.82, 2.24) is 0 Å². The van der Waals surface area contributed by atoms with Crippen LogP contribution in [-0.4, -0.2) is 0 Å². The van der Waals surface area contributed by atoms with Gasteiger partial charge in [0, 0.05) is 15.3 Å². The molecule has 2 nitrogen and oxygen atoms in total. The standard InChI is InChI=1S/C13H10ClNOS/c14-9-3-4-10-8(6-9)7-11(16-10)13(15)12-2-1-5-17-12/h1-7,13H,15H2. The zero-order valence-electron chi connectivity index (χ0n) is 8.89. The first-order chi connectivity index (χ1) is 8.24. The predicted molar refractivity (Wildman–Crippen MR) is 71.6 cm³/mol. The number of furan rings is 1. The molecule has 0 aliphatic rings. The maximum absolute atomic E-state index is 6.15. The first-order valence-electron chi connectivity index (χ1n) is 5.22. The number of fused-ring (bicyclic) bond motifs is 1. The molecule has 4 heteroatoms. The van der Waals surface area contributed by atoms with Crippen LogP contribution in [0.15, 0.2) is 46.2 Å². The van der Waals surface area contributed by atoms with E-state index in [0.29, 0.717) is 5.02 Å². The third-order valence-corrected chi connectivity index (χ3v) is 3.84. The maximum atomic E-state index is 6.15. The summed E-state index contributed by atoms with van der Waals surface area (Å²) in [6, 6.07) is 11.3. The van der Waals surface area contributed by atoms with E-state index in [9.17, 15) is 0 Å². The second kappa shape index (κ2) is 4.18. The highest BCUT2D eigenvalue weighted by Crippen LogP contribution is 2.30. The minimum absolute atomic E-state index is 0.207. The summed E-state index contributed by atoms with van der Waals surface area (Å²) in [5.41, 5.74) is 6.96. The van der Waals surface area contributed by atoms with Crippen molar-refractivity contribution in [2.24, 2.45) is 5.73 Å². The molecule has 0 bridgehead atoms. The normalized spacial score (nSPS) is 13.1. The molecule has 0 saturated heterocycles. The monoisotopic (exact) mass is 263 g/mol. The molecule has 2 N–H and O–H groups in total. The average molecular weight is 264 g/mol. The van der Waals surface area contributed by atoms with Crippen LogP contribution in [0.5, 0.6) is 0 Å². The molecule has 0 fully saturated rings. The van der Waals surface area contributed by atoms with E-state index in [-0.39, 0.29) is 6.04 Å². The fourth-order valence-corrected chi connectivity index (χ4v) is 2.71. The first-order valence-corrected chi connectivity index (χ1v) is 6.48. The third-order valence-electron chi connectivity index (χ3n) is 2.65. The maximum Gasteiger partial charge on any atom is 0.134 e. The van der Waals surface area contributed by atoms with Crippen molar-refractivity contribution in [2.45, 2.75) is 6.04 Å². The Labute approximate surface area is 108 Å². The largest absolute Gasteiger partial charge is 0.459 e. The van der Waals surface area contributed by atoms with E-state index in [2.05, 4.69) is 0 Å². The highest BCUT2D eigenvalue weighted by atomic mass is 35.5. The molecule has 2 aromatic heterocycles. The van der Waals surface area contributed by atoms with E-state index in [0.717, 1.165) is 21.6 Å². The van der Waals surface area contributed by atoms with Crippen LogP contribution in [0.1, 0.15) is 16.7 Å². The van der Waals surface area contributed by atoms with Gasteiger partial charge in [0.2, 0.25) is 0 Å². The lowest BCUT2D eigenvalue weighted by Gasteiger charge is -2.04. The number of benzene rings is 1. The van der Waals surface area contributed by atoms with Crippen molar-refractivity contribution in [3.05, 3.63) is 57.4 Å². The summed E-state index contributed by atoms with van der Waals surface area (Å²) in [5, 5.41) is 3.70. The minimum atomic E-state index is -0.207. The Morgan fingerprint density at radius 3 is 2.88 bits per heavy atom. The molecule has 0 amide bonds. The van der Waals surface area contributed by atoms with Crippen molar-refractivity contribution in [1.29, 1.82) is 0 Å². The quantitative estimate of drug-likeness (QED) is 0.753. The van der Waals surface area contributed by atoms with E-state index in [1.54, 1.807) is 11.3 Å². The van der Waals surface area contributed by atoms with Crippen LogP contribution in [0.4, 0.5) is 0 Å². The second-order valence-electron chi connectivity index (χ2n) is 3.82. The van der Waals surface area contributed by atoms with Crippen LogP contribution in [0.2, 0.25) is 5.02 Å². The van der Waals surface area contributed by atoms with Gasteiger partial charge in [-0.3, -0.25) is 0 Å². The van der Waals surface area contributed by atoms with Gasteiger partial charge in [0.05, 0.1) is 6.04 Å². The van der Waals surface area contributed by atoms with Crippen LogP contribution in [0, 0.1) is 0 Å². The van der Waals surface area contributed by atoms with Gasteiger partial charge >= 0.3 is 0 Å². The second-order valence-corrected chi connectivity index (χ2v) is 5.24. The lowest BCUT2D eigenvalue weighted by molar-refractivity contribution is 0.528. The molecule has 1 unspecified atom stereocenters. The van der Waals surface area contributed by atoms with Crippen molar-refractivity contribution in [3.8, 4) is 0 Å². The number of halogens is 1. The molecule has 3 rings (SSSR count). The number of rotatable bonds is 2. The van der Waals surface area contributed by atoms with E-state index < -0.39 is 0 Å². The van der Waals surface area contributed by atoms with Gasteiger partial charge in [-0.1, -0.05) is 17.7 Å². The SMILES string of the molecule is NC(c1cc2cc(Cl)ccc2o1)c1cccs1. The van der Waals surface area contributed by atoms with Crippen molar-refractivity contribution in [2.75, 3.05) is 0 Å². The molecule has 1 aromatic carbocycles. The third kappa shape index (κ3) is 1.97. The van der Waals surface area contributed by atoms with E-state index in [4.69, 9.17) is 21.8 Å². The summed E-state index contributed by atoms with van der Waals surface area (Å²) in [7, 11) is 0. The van der Waals surface area contributed by atoms with Crippen LogP contribution in [-0.2, 0) is 0 Å². The van der Waals surface area contributed by atoms with Gasteiger partial charge in [0.25, 0.3) is 0 Å². The van der Waals surface area contributed by atoms with Gasteiger partial charge in [-0.15, -0.1) is 11.3 Å². The summed E-state index contributed by atoms with van der Waals surface area (Å²) in [6.07, 6.45) is 0. The minimum Gasteiger partial charge on any atom is -0.459 e. The predicted octanol–water partition coefficient (Wildman–Crippen LogP) is 4.20. The van der Waals surface area contributed by atoms with Crippen LogP contribution < -0.4 is 5.73 Å². The van der Waals surface area contributed by atoms with Gasteiger partial charge in [0.15, 0.2) is 0 Å². The summed E-state index contributed by atoms with van der Waals surface area (Å²) in [4.78, 5) is 1.09. The molecule has 86 valence electrons. The Kier molecular flexibility index (Phi) is 2.67. The Morgan fingerprint density at radius 2 is 2.12 bits per heavy atom. The van der Waals surface area contributed by atoms with Gasteiger partial charge in [-0.05, 0) is 35.7 Å². The molecular weight excluding hydrogens is 254 g/mol. The van der Waals surface area contributed by atoms with Crippen LogP contribution in [0.25, 0.3) is 11.0 Å². The Bertz CT molecular complexity index is 645. The number of hydrogen-bond acceptors (Lipinski definition) is 3.